The van der Waals surface area contributed by atoms with E-state index in [2.05, 4.69) is 4.90 Å². The molecule has 2 aromatic heterocycles. The van der Waals surface area contributed by atoms with Gasteiger partial charge in [-0.3, -0.25) is 15.0 Å². The zero-order valence-corrected chi connectivity index (χ0v) is 24.6. The first-order valence-corrected chi connectivity index (χ1v) is 15.4. The number of piperazine rings is 1. The van der Waals surface area contributed by atoms with Crippen molar-refractivity contribution in [2.45, 2.75) is 11.4 Å². The molecule has 0 saturated carbocycles. The minimum absolute atomic E-state index is 0.0124. The summed E-state index contributed by atoms with van der Waals surface area (Å²) in [5.41, 5.74) is 4.92. The standard InChI is InChI=1S/C30H25Cl2N5O4S/c31-26-11-10-25(18-27(26)32)42(40,41)35-15-13-34(14-16-35)20-28-30(22-7-4-8-24(17-22)37(38)39)33-29-12-9-23(19-36(28)29)21-5-2-1-3-6-21/h1-12,17-19H,13-16,20H2. The summed E-state index contributed by atoms with van der Waals surface area (Å²) in [6, 6.07) is 24.7. The molecule has 1 aliphatic heterocycles. The number of hydrogen-bond acceptors (Lipinski definition) is 6. The second kappa shape index (κ2) is 11.5. The van der Waals surface area contributed by atoms with E-state index in [1.807, 2.05) is 59.1 Å². The van der Waals surface area contributed by atoms with Crippen LogP contribution < -0.4 is 0 Å². The molecule has 1 aliphatic rings. The molecule has 1 fully saturated rings. The van der Waals surface area contributed by atoms with Gasteiger partial charge in [-0.1, -0.05) is 65.7 Å². The number of benzene rings is 3. The molecule has 214 valence electrons. The Kier molecular flexibility index (Phi) is 7.73. The van der Waals surface area contributed by atoms with Crippen LogP contribution in [0.25, 0.3) is 28.0 Å². The highest BCUT2D eigenvalue weighted by molar-refractivity contribution is 7.89. The second-order valence-electron chi connectivity index (χ2n) is 9.98. The van der Waals surface area contributed by atoms with Gasteiger partial charge in [0, 0.05) is 56.6 Å². The number of nitro benzene ring substituents is 1. The average Bonchev–Trinajstić information content (AvgIpc) is 3.36. The predicted octanol–water partition coefficient (Wildman–Crippen LogP) is 6.39. The predicted molar refractivity (Wildman–Crippen MR) is 163 cm³/mol. The van der Waals surface area contributed by atoms with Crippen molar-refractivity contribution in [2.75, 3.05) is 26.2 Å². The first-order chi connectivity index (χ1) is 20.2. The van der Waals surface area contributed by atoms with Crippen LogP contribution in [0.5, 0.6) is 0 Å². The van der Waals surface area contributed by atoms with E-state index < -0.39 is 14.9 Å². The summed E-state index contributed by atoms with van der Waals surface area (Å²) in [6.07, 6.45) is 2.03. The topological polar surface area (TPSA) is 101 Å². The summed E-state index contributed by atoms with van der Waals surface area (Å²) in [6.45, 7) is 2.03. The Morgan fingerprint density at radius 3 is 2.26 bits per heavy atom. The number of nitro groups is 1. The van der Waals surface area contributed by atoms with Crippen molar-refractivity contribution >= 4 is 44.6 Å². The second-order valence-corrected chi connectivity index (χ2v) is 12.7. The Balaban J connectivity index is 1.32. The highest BCUT2D eigenvalue weighted by atomic mass is 35.5. The summed E-state index contributed by atoms with van der Waals surface area (Å²) in [7, 11) is -3.74. The van der Waals surface area contributed by atoms with Crippen molar-refractivity contribution in [1.29, 1.82) is 0 Å². The van der Waals surface area contributed by atoms with Gasteiger partial charge in [0.1, 0.15) is 5.65 Å². The van der Waals surface area contributed by atoms with Crippen LogP contribution in [0.15, 0.2) is 96.0 Å². The number of pyridine rings is 1. The van der Waals surface area contributed by atoms with E-state index in [1.54, 1.807) is 6.07 Å². The van der Waals surface area contributed by atoms with E-state index >= 15 is 0 Å². The quantitative estimate of drug-likeness (QED) is 0.154. The van der Waals surface area contributed by atoms with E-state index in [1.165, 1.54) is 34.6 Å². The molecule has 0 bridgehead atoms. The van der Waals surface area contributed by atoms with Crippen LogP contribution in [0.4, 0.5) is 5.69 Å². The van der Waals surface area contributed by atoms with Gasteiger partial charge in [-0.25, -0.2) is 13.4 Å². The van der Waals surface area contributed by atoms with Gasteiger partial charge < -0.3 is 4.40 Å². The maximum absolute atomic E-state index is 13.3. The van der Waals surface area contributed by atoms with E-state index in [4.69, 9.17) is 28.2 Å². The maximum atomic E-state index is 13.3. The van der Waals surface area contributed by atoms with Crippen LogP contribution in [0.1, 0.15) is 5.69 Å². The lowest BCUT2D eigenvalue weighted by atomic mass is 10.1. The van der Waals surface area contributed by atoms with Crippen molar-refractivity contribution in [2.24, 2.45) is 0 Å². The fraction of sp³-hybridized carbons (Fsp3) is 0.167. The minimum atomic E-state index is -3.74. The summed E-state index contributed by atoms with van der Waals surface area (Å²) < 4.78 is 30.0. The molecular weight excluding hydrogens is 597 g/mol. The molecule has 3 aromatic carbocycles. The molecule has 0 amide bonds. The third kappa shape index (κ3) is 5.51. The van der Waals surface area contributed by atoms with Gasteiger partial charge in [0.2, 0.25) is 10.0 Å². The number of aromatic nitrogens is 2. The van der Waals surface area contributed by atoms with Crippen LogP contribution in [-0.4, -0.2) is 58.1 Å². The number of halogens is 2. The van der Waals surface area contributed by atoms with Gasteiger partial charge in [0.15, 0.2) is 0 Å². The van der Waals surface area contributed by atoms with Crippen LogP contribution >= 0.6 is 23.2 Å². The van der Waals surface area contributed by atoms with E-state index in [0.29, 0.717) is 54.7 Å². The highest BCUT2D eigenvalue weighted by Gasteiger charge is 2.30. The fourth-order valence-electron chi connectivity index (χ4n) is 5.17. The Bertz CT molecular complexity index is 1910. The first kappa shape index (κ1) is 28.3. The fourth-order valence-corrected chi connectivity index (χ4v) is 6.98. The number of imidazole rings is 1. The number of nitrogens with zero attached hydrogens (tertiary/aromatic N) is 5. The molecule has 0 unspecified atom stereocenters. The van der Waals surface area contributed by atoms with Gasteiger partial charge in [-0.2, -0.15) is 4.31 Å². The lowest BCUT2D eigenvalue weighted by Crippen LogP contribution is -2.48. The number of hydrogen-bond donors (Lipinski definition) is 0. The van der Waals surface area contributed by atoms with Crippen molar-refractivity contribution in [3.05, 3.63) is 117 Å². The molecule has 0 aliphatic carbocycles. The van der Waals surface area contributed by atoms with E-state index in [-0.39, 0.29) is 15.6 Å². The first-order valence-electron chi connectivity index (χ1n) is 13.2. The van der Waals surface area contributed by atoms with Gasteiger partial charge in [0.05, 0.1) is 31.3 Å². The van der Waals surface area contributed by atoms with Crippen molar-refractivity contribution in [1.82, 2.24) is 18.6 Å². The van der Waals surface area contributed by atoms with Crippen molar-refractivity contribution < 1.29 is 13.3 Å². The monoisotopic (exact) mass is 621 g/mol. The normalized spacial score (nSPS) is 14.8. The third-order valence-electron chi connectivity index (χ3n) is 7.39. The Hall–Kier alpha value is -3.80. The SMILES string of the molecule is O=[N+]([O-])c1cccc(-c2nc3ccc(-c4ccccc4)cn3c2CN2CCN(S(=O)(=O)c3ccc(Cl)c(Cl)c3)CC2)c1. The molecular formula is C30H25Cl2N5O4S. The Morgan fingerprint density at radius 1 is 0.810 bits per heavy atom. The molecule has 0 spiro atoms. The summed E-state index contributed by atoms with van der Waals surface area (Å²) in [5.74, 6) is 0. The third-order valence-corrected chi connectivity index (χ3v) is 10.0. The molecule has 12 heteroatoms. The van der Waals surface area contributed by atoms with Gasteiger partial charge in [0.25, 0.3) is 5.69 Å². The molecule has 5 aromatic rings. The average molecular weight is 623 g/mol. The van der Waals surface area contributed by atoms with Gasteiger partial charge in [-0.15, -0.1) is 0 Å². The Morgan fingerprint density at radius 2 is 1.55 bits per heavy atom. The molecule has 0 radical (unpaired) electrons. The van der Waals surface area contributed by atoms with Crippen molar-refractivity contribution in [3.8, 4) is 22.4 Å². The lowest BCUT2D eigenvalue weighted by Gasteiger charge is -2.34. The molecule has 0 N–H and O–H groups in total. The number of fused-ring (bicyclic) bond motifs is 1. The Labute approximate surface area is 252 Å². The van der Waals surface area contributed by atoms with Crippen molar-refractivity contribution in [3.63, 3.8) is 0 Å². The van der Waals surface area contributed by atoms with E-state index in [9.17, 15) is 18.5 Å². The highest BCUT2D eigenvalue weighted by Crippen LogP contribution is 2.31. The molecule has 0 atom stereocenters. The lowest BCUT2D eigenvalue weighted by molar-refractivity contribution is -0.384. The largest absolute Gasteiger partial charge is 0.301 e. The molecule has 9 nitrogen and oxygen atoms in total. The molecule has 3 heterocycles. The van der Waals surface area contributed by atoms with Crippen LogP contribution in [0, 0.1) is 10.1 Å². The zero-order chi connectivity index (χ0) is 29.4. The van der Waals surface area contributed by atoms with Gasteiger partial charge in [-0.05, 0) is 41.5 Å². The molecule has 42 heavy (non-hydrogen) atoms. The number of non-ortho nitro benzene ring substituents is 1. The van der Waals surface area contributed by atoms with Crippen LogP contribution in [0.3, 0.4) is 0 Å². The number of rotatable bonds is 7. The molecule has 1 saturated heterocycles. The number of sulfonamides is 1. The summed E-state index contributed by atoms with van der Waals surface area (Å²) >= 11 is 12.1. The molecule has 6 rings (SSSR count). The van der Waals surface area contributed by atoms with Crippen LogP contribution in [0.2, 0.25) is 10.0 Å². The van der Waals surface area contributed by atoms with Crippen LogP contribution in [-0.2, 0) is 16.6 Å². The van der Waals surface area contributed by atoms with E-state index in [0.717, 1.165) is 16.8 Å². The maximum Gasteiger partial charge on any atom is 0.270 e. The minimum Gasteiger partial charge on any atom is -0.301 e. The smallest absolute Gasteiger partial charge is 0.270 e. The van der Waals surface area contributed by atoms with Gasteiger partial charge >= 0.3 is 0 Å². The summed E-state index contributed by atoms with van der Waals surface area (Å²) in [5, 5.41) is 12.0. The summed E-state index contributed by atoms with van der Waals surface area (Å²) in [4.78, 5) is 18.2. The zero-order valence-electron chi connectivity index (χ0n) is 22.2.